The predicted octanol–water partition coefficient (Wildman–Crippen LogP) is -3.31. The Morgan fingerprint density at radius 3 is 2.56 bits per heavy atom. The first kappa shape index (κ1) is 27.4. The number of anilines is 4. The Labute approximate surface area is 224 Å². The van der Waals surface area contributed by atoms with Gasteiger partial charge < -0.3 is 46.4 Å². The fraction of sp³-hybridized carbons (Fsp3) is 0.350. The van der Waals surface area contributed by atoms with E-state index < -0.39 is 24.4 Å². The van der Waals surface area contributed by atoms with Gasteiger partial charge in [-0.05, 0) is 37.1 Å². The van der Waals surface area contributed by atoms with Gasteiger partial charge in [0.1, 0.15) is 11.9 Å². The normalized spacial score (nSPS) is 15.3. The number of nitrogens with zero attached hydrogens (tertiary/aromatic N) is 2. The van der Waals surface area contributed by atoms with Crippen molar-refractivity contribution in [1.82, 2.24) is 15.3 Å². The Bertz CT molecular complexity index is 1110. The molecule has 0 spiro atoms. The maximum Gasteiger partial charge on any atom is 2.00 e. The Morgan fingerprint density at radius 2 is 1.94 bits per heavy atom. The first-order valence-corrected chi connectivity index (χ1v) is 10.1. The standard InChI is InChI=1S/C20H25N7O6.Ca/c1-27-14(9-23-17-16(27)18(31)26-20(21)25-17)24-11-4-2-10(3-5-11)13(28)8-22-12(19(32)33)6-7-15(29)30;/h2-5,12,14,22,24H,6-9H2,1H3,(H,29,30)(H,32,33)(H4,21,23,25,26,31);/q;+2/p-2/t12?,14-;/m1./s1. The van der Waals surface area contributed by atoms with Gasteiger partial charge in [0.15, 0.2) is 11.6 Å². The quantitative estimate of drug-likeness (QED) is 0.161. The third kappa shape index (κ3) is 6.82. The zero-order valence-corrected chi connectivity index (χ0v) is 20.6. The number of hydrogen-bond acceptors (Lipinski definition) is 12. The van der Waals surface area contributed by atoms with Gasteiger partial charge in [-0.15, -0.1) is 0 Å². The summed E-state index contributed by atoms with van der Waals surface area (Å²) in [7, 11) is 1.74. The summed E-state index contributed by atoms with van der Waals surface area (Å²) in [5.41, 5.74) is 6.56. The van der Waals surface area contributed by atoms with Crippen LogP contribution in [-0.4, -0.2) is 97.8 Å². The van der Waals surface area contributed by atoms with Crippen LogP contribution in [0.5, 0.6) is 0 Å². The van der Waals surface area contributed by atoms with E-state index in [1.807, 2.05) is 0 Å². The third-order valence-electron chi connectivity index (χ3n) is 5.17. The molecule has 0 aliphatic carbocycles. The molecule has 13 nitrogen and oxygen atoms in total. The van der Waals surface area contributed by atoms with Gasteiger partial charge in [0, 0.05) is 30.3 Å². The predicted molar refractivity (Wildman–Crippen MR) is 121 cm³/mol. The van der Waals surface area contributed by atoms with E-state index >= 15 is 0 Å². The van der Waals surface area contributed by atoms with Crippen LogP contribution in [0, 0.1) is 0 Å². The number of carbonyl (C=O) groups excluding carboxylic acids is 3. The number of likely N-dealkylation sites (N-methyl/N-ethyl adjacent to an activating group) is 1. The molecule has 0 amide bonds. The zero-order valence-electron chi connectivity index (χ0n) is 18.4. The van der Waals surface area contributed by atoms with E-state index in [-0.39, 0.29) is 74.2 Å². The average Bonchev–Trinajstić information content (AvgIpc) is 2.75. The zero-order chi connectivity index (χ0) is 24.1. The average molecular weight is 498 g/mol. The number of aliphatic carboxylic acids is 2. The number of carboxylic acid groups (broad SMARTS) is 2. The molecule has 1 aliphatic heterocycles. The van der Waals surface area contributed by atoms with Gasteiger partial charge >= 0.3 is 37.7 Å². The van der Waals surface area contributed by atoms with Crippen molar-refractivity contribution in [3.8, 4) is 0 Å². The number of Topliss-reactive ketones (excluding diaryl/α,β-unsaturated/α-hetero) is 1. The second-order valence-electron chi connectivity index (χ2n) is 7.46. The van der Waals surface area contributed by atoms with Crippen LogP contribution in [0.2, 0.25) is 0 Å². The summed E-state index contributed by atoms with van der Waals surface area (Å²) < 4.78 is 0. The molecule has 14 heteroatoms. The van der Waals surface area contributed by atoms with E-state index in [1.165, 1.54) is 0 Å². The van der Waals surface area contributed by atoms with Gasteiger partial charge in [0.2, 0.25) is 5.95 Å². The van der Waals surface area contributed by atoms with E-state index in [9.17, 15) is 29.4 Å². The summed E-state index contributed by atoms with van der Waals surface area (Å²) in [5, 5.41) is 30.4. The summed E-state index contributed by atoms with van der Waals surface area (Å²) in [6, 6.07) is 5.21. The Hall–Kier alpha value is -2.87. The Kier molecular flexibility index (Phi) is 9.67. The monoisotopic (exact) mass is 497 g/mol. The van der Waals surface area contributed by atoms with Crippen LogP contribution in [0.1, 0.15) is 23.2 Å². The molecule has 0 saturated carbocycles. The molecule has 0 saturated heterocycles. The number of nitrogens with two attached hydrogens (primary N) is 1. The fourth-order valence-corrected chi connectivity index (χ4v) is 3.40. The number of ketones is 1. The van der Waals surface area contributed by atoms with Crippen molar-refractivity contribution < 1.29 is 24.6 Å². The van der Waals surface area contributed by atoms with Gasteiger partial charge in [-0.1, -0.05) is 0 Å². The molecule has 1 aromatic heterocycles. The van der Waals surface area contributed by atoms with Crippen LogP contribution in [0.25, 0.3) is 0 Å². The molecule has 6 N–H and O–H groups in total. The number of hydrogen-bond donors (Lipinski definition) is 5. The molecule has 3 rings (SSSR count). The van der Waals surface area contributed by atoms with Crippen molar-refractivity contribution in [2.24, 2.45) is 0 Å². The number of carboxylic acids is 2. The van der Waals surface area contributed by atoms with Gasteiger partial charge in [-0.3, -0.25) is 14.6 Å². The van der Waals surface area contributed by atoms with Crippen LogP contribution >= 0.6 is 0 Å². The van der Waals surface area contributed by atoms with E-state index in [0.29, 0.717) is 29.3 Å². The summed E-state index contributed by atoms with van der Waals surface area (Å²) in [6.45, 7) is 0.129. The first-order chi connectivity index (χ1) is 15.7. The number of benzene rings is 1. The minimum Gasteiger partial charge on any atom is -0.550 e. The van der Waals surface area contributed by atoms with Gasteiger partial charge in [0.25, 0.3) is 5.56 Å². The smallest absolute Gasteiger partial charge is 0.550 e. The molecule has 2 atom stereocenters. The molecule has 2 aromatic rings. The Morgan fingerprint density at radius 1 is 1.26 bits per heavy atom. The third-order valence-corrected chi connectivity index (χ3v) is 5.17. The summed E-state index contributed by atoms with van der Waals surface area (Å²) in [6.07, 6.45) is -1.01. The SMILES string of the molecule is CN1c2c(nc(N)[nH]c2=O)NC[C@@H]1Nc1ccc(C(=O)CNC(CCC(=O)[O-])C(=O)[O-])cc1.[Ca+2]. The summed E-state index contributed by atoms with van der Waals surface area (Å²) >= 11 is 0. The van der Waals surface area contributed by atoms with Crippen molar-refractivity contribution in [1.29, 1.82) is 0 Å². The number of carbonyl (C=O) groups is 3. The molecular formula is C20H23CaN7O6. The van der Waals surface area contributed by atoms with Crippen molar-refractivity contribution in [3.63, 3.8) is 0 Å². The van der Waals surface area contributed by atoms with Gasteiger partial charge in [-0.2, -0.15) is 4.98 Å². The number of fused-ring (bicyclic) bond motifs is 1. The number of nitrogens with one attached hydrogen (secondary N) is 4. The maximum atomic E-state index is 12.4. The molecule has 1 unspecified atom stereocenters. The molecule has 1 aliphatic rings. The van der Waals surface area contributed by atoms with Crippen molar-refractivity contribution in [3.05, 3.63) is 40.2 Å². The fourth-order valence-electron chi connectivity index (χ4n) is 3.40. The van der Waals surface area contributed by atoms with E-state index in [2.05, 4.69) is 25.9 Å². The van der Waals surface area contributed by atoms with Crippen LogP contribution in [-0.2, 0) is 9.59 Å². The van der Waals surface area contributed by atoms with E-state index in [4.69, 9.17) is 5.73 Å². The number of aromatic amines is 1. The van der Waals surface area contributed by atoms with Crippen LogP contribution in [0.15, 0.2) is 29.1 Å². The van der Waals surface area contributed by atoms with Gasteiger partial charge in [0.05, 0.1) is 19.1 Å². The second kappa shape index (κ2) is 12.0. The minimum atomic E-state index is -1.49. The van der Waals surface area contributed by atoms with Gasteiger partial charge in [-0.25, -0.2) is 0 Å². The molecule has 34 heavy (non-hydrogen) atoms. The van der Waals surface area contributed by atoms with Crippen molar-refractivity contribution in [2.45, 2.75) is 25.0 Å². The van der Waals surface area contributed by atoms with Crippen molar-refractivity contribution in [2.75, 3.05) is 41.4 Å². The van der Waals surface area contributed by atoms with E-state index in [0.717, 1.165) is 0 Å². The second-order valence-corrected chi connectivity index (χ2v) is 7.46. The largest absolute Gasteiger partial charge is 2.00 e. The van der Waals surface area contributed by atoms with Crippen LogP contribution in [0.4, 0.5) is 23.1 Å². The molecule has 0 radical (unpaired) electrons. The first-order valence-electron chi connectivity index (χ1n) is 10.1. The van der Waals surface area contributed by atoms with E-state index in [1.54, 1.807) is 36.2 Å². The van der Waals surface area contributed by atoms with Crippen LogP contribution in [0.3, 0.4) is 0 Å². The topological polar surface area (TPSA) is 208 Å². The summed E-state index contributed by atoms with van der Waals surface area (Å²) in [4.78, 5) is 54.5. The molecule has 1 aromatic carbocycles. The molecule has 176 valence electrons. The molecule has 0 bridgehead atoms. The number of H-pyrrole nitrogens is 1. The molecule has 0 fully saturated rings. The number of aromatic nitrogens is 2. The number of rotatable bonds is 10. The molecular weight excluding hydrogens is 474 g/mol. The summed E-state index contributed by atoms with van der Waals surface area (Å²) in [5.74, 6) is -2.84. The minimum absolute atomic E-state index is 0. The maximum absolute atomic E-state index is 12.4. The molecule has 2 heterocycles. The van der Waals surface area contributed by atoms with Crippen LogP contribution < -0.4 is 42.4 Å². The van der Waals surface area contributed by atoms with Crippen molar-refractivity contribution >= 4 is 78.6 Å². The number of nitrogen functional groups attached to an aromatic ring is 1. The Balaban J connectivity index is 0.00000408.